The molecule has 0 aliphatic rings. The summed E-state index contributed by atoms with van der Waals surface area (Å²) in [4.78, 5) is 49.7. The second kappa shape index (κ2) is 8.93. The Morgan fingerprint density at radius 2 is 1.74 bits per heavy atom. The molecule has 0 saturated heterocycles. The summed E-state index contributed by atoms with van der Waals surface area (Å²) in [6, 6.07) is 7.74. The van der Waals surface area contributed by atoms with E-state index >= 15 is 0 Å². The first kappa shape index (κ1) is 20.1. The van der Waals surface area contributed by atoms with E-state index < -0.39 is 12.6 Å². The molecule has 0 aliphatic heterocycles. The maximum absolute atomic E-state index is 12.1. The number of amides is 1. The van der Waals surface area contributed by atoms with Gasteiger partial charge in [0.25, 0.3) is 0 Å². The Kier molecular flexibility index (Phi) is 6.65. The van der Waals surface area contributed by atoms with E-state index in [0.717, 1.165) is 0 Å². The zero-order chi connectivity index (χ0) is 20.0. The van der Waals surface area contributed by atoms with E-state index in [0.29, 0.717) is 23.2 Å². The first-order valence-electron chi connectivity index (χ1n) is 8.56. The lowest BCUT2D eigenvalue weighted by Gasteiger charge is -2.08. The van der Waals surface area contributed by atoms with Crippen molar-refractivity contribution in [3.05, 3.63) is 53.3 Å². The Hall–Kier alpha value is -3.22. The summed E-state index contributed by atoms with van der Waals surface area (Å²) in [5.41, 5.74) is 1.43. The van der Waals surface area contributed by atoms with Crippen LogP contribution in [0.15, 0.2) is 36.5 Å². The van der Waals surface area contributed by atoms with Crippen molar-refractivity contribution >= 4 is 29.1 Å². The molecule has 2 rings (SSSR count). The summed E-state index contributed by atoms with van der Waals surface area (Å²) in [5, 5.41) is 2.76. The number of aromatic nitrogens is 1. The van der Waals surface area contributed by atoms with Gasteiger partial charge in [-0.25, -0.2) is 4.79 Å². The maximum atomic E-state index is 12.1. The van der Waals surface area contributed by atoms with Gasteiger partial charge in [-0.15, -0.1) is 0 Å². The van der Waals surface area contributed by atoms with Crippen molar-refractivity contribution < 1.29 is 23.9 Å². The fourth-order valence-electron chi connectivity index (χ4n) is 2.33. The van der Waals surface area contributed by atoms with Crippen LogP contribution in [-0.4, -0.2) is 35.0 Å². The minimum atomic E-state index is -0.714. The van der Waals surface area contributed by atoms with Gasteiger partial charge in [0, 0.05) is 29.4 Å². The van der Waals surface area contributed by atoms with Crippen molar-refractivity contribution in [2.24, 2.45) is 5.92 Å². The van der Waals surface area contributed by atoms with Crippen LogP contribution in [0.5, 0.6) is 0 Å². The molecule has 2 aromatic rings. The van der Waals surface area contributed by atoms with E-state index in [-0.39, 0.29) is 29.1 Å². The van der Waals surface area contributed by atoms with Gasteiger partial charge in [0.1, 0.15) is 5.69 Å². The maximum Gasteiger partial charge on any atom is 0.355 e. The highest BCUT2D eigenvalue weighted by molar-refractivity contribution is 6.01. The van der Waals surface area contributed by atoms with E-state index in [4.69, 9.17) is 4.74 Å². The molecule has 0 bridgehead atoms. The molecule has 27 heavy (non-hydrogen) atoms. The smallest absolute Gasteiger partial charge is 0.355 e. The zero-order valence-corrected chi connectivity index (χ0v) is 15.5. The van der Waals surface area contributed by atoms with Crippen LogP contribution in [0, 0.1) is 5.92 Å². The Morgan fingerprint density at radius 1 is 1.07 bits per heavy atom. The molecule has 0 saturated carbocycles. The molecular weight excluding hydrogens is 348 g/mol. The standard InChI is InChI=1S/C20H22N2O5/c1-12(2)8-19(25)22-16-6-4-14(5-7-16)18(24)11-27-20(26)17-9-15(10-21-17)13(3)23/h4-7,9-10,12,21H,8,11H2,1-3H3,(H,22,25). The molecule has 0 fully saturated rings. The number of nitrogens with one attached hydrogen (secondary N) is 2. The minimum absolute atomic E-state index is 0.0890. The number of anilines is 1. The number of rotatable bonds is 8. The van der Waals surface area contributed by atoms with Crippen LogP contribution in [0.2, 0.25) is 0 Å². The van der Waals surface area contributed by atoms with Crippen LogP contribution in [0.3, 0.4) is 0 Å². The molecule has 0 aliphatic carbocycles. The molecule has 142 valence electrons. The van der Waals surface area contributed by atoms with Crippen LogP contribution < -0.4 is 5.32 Å². The summed E-state index contributed by atoms with van der Waals surface area (Å²) in [5.74, 6) is -1.10. The Balaban J connectivity index is 1.89. The average molecular weight is 370 g/mol. The van der Waals surface area contributed by atoms with Gasteiger partial charge in [-0.3, -0.25) is 14.4 Å². The number of aromatic amines is 1. The van der Waals surface area contributed by atoms with Crippen molar-refractivity contribution in [3.8, 4) is 0 Å². The Labute approximate surface area is 157 Å². The number of esters is 1. The fraction of sp³-hybridized carbons (Fsp3) is 0.300. The lowest BCUT2D eigenvalue weighted by atomic mass is 10.1. The van der Waals surface area contributed by atoms with E-state index in [9.17, 15) is 19.2 Å². The Bertz CT molecular complexity index is 850. The van der Waals surface area contributed by atoms with Gasteiger partial charge in [-0.05, 0) is 43.2 Å². The number of carbonyl (C=O) groups excluding carboxylic acids is 4. The summed E-state index contributed by atoms with van der Waals surface area (Å²) >= 11 is 0. The van der Waals surface area contributed by atoms with Crippen LogP contribution in [0.1, 0.15) is 58.4 Å². The lowest BCUT2D eigenvalue weighted by Crippen LogP contribution is -2.15. The highest BCUT2D eigenvalue weighted by atomic mass is 16.5. The van der Waals surface area contributed by atoms with Crippen molar-refractivity contribution in [2.75, 3.05) is 11.9 Å². The third-order valence-electron chi connectivity index (χ3n) is 3.73. The molecule has 1 amide bonds. The minimum Gasteiger partial charge on any atom is -0.453 e. The molecule has 1 heterocycles. The normalized spacial score (nSPS) is 10.5. The zero-order valence-electron chi connectivity index (χ0n) is 15.5. The highest BCUT2D eigenvalue weighted by Gasteiger charge is 2.15. The molecule has 0 unspecified atom stereocenters. The first-order valence-corrected chi connectivity index (χ1v) is 8.56. The largest absolute Gasteiger partial charge is 0.453 e. The summed E-state index contributed by atoms with van der Waals surface area (Å²) in [7, 11) is 0. The molecule has 1 aromatic carbocycles. The van der Waals surface area contributed by atoms with Crippen molar-refractivity contribution in [1.82, 2.24) is 4.98 Å². The first-order chi connectivity index (χ1) is 12.8. The molecule has 0 radical (unpaired) electrons. The van der Waals surface area contributed by atoms with Crippen molar-refractivity contribution in [3.63, 3.8) is 0 Å². The van der Waals surface area contributed by atoms with E-state index in [1.165, 1.54) is 19.2 Å². The average Bonchev–Trinajstić information content (AvgIpc) is 3.09. The second-order valence-corrected chi connectivity index (χ2v) is 6.58. The molecule has 0 spiro atoms. The molecular formula is C20H22N2O5. The SMILES string of the molecule is CC(=O)c1c[nH]c(C(=O)OCC(=O)c2ccc(NC(=O)CC(C)C)cc2)c1. The highest BCUT2D eigenvalue weighted by Crippen LogP contribution is 2.12. The van der Waals surface area contributed by atoms with Crippen LogP contribution in [0.25, 0.3) is 0 Å². The number of hydrogen-bond donors (Lipinski definition) is 2. The number of carbonyl (C=O) groups is 4. The van der Waals surface area contributed by atoms with Gasteiger partial charge in [-0.1, -0.05) is 13.8 Å². The predicted octanol–water partition coefficient (Wildman–Crippen LogP) is 3.24. The number of ketones is 2. The van der Waals surface area contributed by atoms with Gasteiger partial charge in [0.05, 0.1) is 0 Å². The van der Waals surface area contributed by atoms with Gasteiger partial charge in [-0.2, -0.15) is 0 Å². The summed E-state index contributed by atoms with van der Waals surface area (Å²) < 4.78 is 4.98. The van der Waals surface area contributed by atoms with Crippen LogP contribution in [-0.2, 0) is 9.53 Å². The molecule has 0 atom stereocenters. The number of hydrogen-bond acceptors (Lipinski definition) is 5. The third kappa shape index (κ3) is 5.91. The Morgan fingerprint density at radius 3 is 2.30 bits per heavy atom. The summed E-state index contributed by atoms with van der Waals surface area (Å²) in [6.45, 7) is 4.87. The molecule has 7 heteroatoms. The van der Waals surface area contributed by atoms with Gasteiger partial charge < -0.3 is 15.0 Å². The molecule has 7 nitrogen and oxygen atoms in total. The third-order valence-corrected chi connectivity index (χ3v) is 3.73. The quantitative estimate of drug-likeness (QED) is 0.548. The topological polar surface area (TPSA) is 105 Å². The van der Waals surface area contributed by atoms with E-state index in [2.05, 4.69) is 10.3 Å². The number of benzene rings is 1. The van der Waals surface area contributed by atoms with Crippen LogP contribution >= 0.6 is 0 Å². The van der Waals surface area contributed by atoms with Gasteiger partial charge in [0.15, 0.2) is 18.2 Å². The number of H-pyrrole nitrogens is 1. The fourth-order valence-corrected chi connectivity index (χ4v) is 2.33. The number of ether oxygens (including phenoxy) is 1. The van der Waals surface area contributed by atoms with E-state index in [1.807, 2.05) is 13.8 Å². The van der Waals surface area contributed by atoms with Crippen molar-refractivity contribution in [2.45, 2.75) is 27.2 Å². The van der Waals surface area contributed by atoms with Crippen LogP contribution in [0.4, 0.5) is 5.69 Å². The number of Topliss-reactive ketones (excluding diaryl/α,β-unsaturated/α-hetero) is 2. The monoisotopic (exact) mass is 370 g/mol. The molecule has 2 N–H and O–H groups in total. The molecule has 1 aromatic heterocycles. The van der Waals surface area contributed by atoms with Gasteiger partial charge in [0.2, 0.25) is 5.91 Å². The second-order valence-electron chi connectivity index (χ2n) is 6.58. The summed E-state index contributed by atoms with van der Waals surface area (Å²) in [6.07, 6.45) is 1.83. The predicted molar refractivity (Wildman–Crippen MR) is 99.9 cm³/mol. The van der Waals surface area contributed by atoms with E-state index in [1.54, 1.807) is 24.3 Å². The lowest BCUT2D eigenvalue weighted by molar-refractivity contribution is -0.116. The van der Waals surface area contributed by atoms with Crippen molar-refractivity contribution in [1.29, 1.82) is 0 Å². The van der Waals surface area contributed by atoms with Gasteiger partial charge >= 0.3 is 5.97 Å².